The molecule has 32 heavy (non-hydrogen) atoms. The maximum atomic E-state index is 13.2. The summed E-state index contributed by atoms with van der Waals surface area (Å²) in [5.74, 6) is -1.08. The summed E-state index contributed by atoms with van der Waals surface area (Å²) in [5.41, 5.74) is 1.37. The summed E-state index contributed by atoms with van der Waals surface area (Å²) < 4.78 is 10.6. The van der Waals surface area contributed by atoms with Gasteiger partial charge in [0.15, 0.2) is 0 Å². The number of carbonyl (C=O) groups excluding carboxylic acids is 2. The zero-order valence-electron chi connectivity index (χ0n) is 17.4. The van der Waals surface area contributed by atoms with E-state index in [9.17, 15) is 14.7 Å². The lowest BCUT2D eigenvalue weighted by Gasteiger charge is -2.25. The van der Waals surface area contributed by atoms with Crippen molar-refractivity contribution >= 4 is 34.7 Å². The third kappa shape index (κ3) is 3.69. The molecule has 0 bridgehead atoms. The minimum atomic E-state index is -0.840. The predicted molar refractivity (Wildman–Crippen MR) is 122 cm³/mol. The van der Waals surface area contributed by atoms with Crippen LogP contribution in [-0.2, 0) is 9.59 Å². The molecule has 3 aromatic rings. The second-order valence-electron chi connectivity index (χ2n) is 7.12. The van der Waals surface area contributed by atoms with Gasteiger partial charge in [0.1, 0.15) is 17.3 Å². The van der Waals surface area contributed by atoms with E-state index in [0.717, 1.165) is 0 Å². The van der Waals surface area contributed by atoms with Crippen LogP contribution in [0.4, 0.5) is 5.69 Å². The van der Waals surface area contributed by atoms with Gasteiger partial charge >= 0.3 is 0 Å². The van der Waals surface area contributed by atoms with Crippen LogP contribution in [-0.4, -0.2) is 31.0 Å². The average molecular weight is 450 g/mol. The number of amides is 1. The Morgan fingerprint density at radius 2 is 1.62 bits per heavy atom. The number of ketones is 1. The second kappa shape index (κ2) is 8.77. The Bertz CT molecular complexity index is 1200. The van der Waals surface area contributed by atoms with Gasteiger partial charge in [0.05, 0.1) is 31.4 Å². The first-order valence-corrected chi connectivity index (χ1v) is 10.2. The van der Waals surface area contributed by atoms with Gasteiger partial charge in [0, 0.05) is 10.7 Å². The highest BCUT2D eigenvalue weighted by atomic mass is 35.5. The molecule has 0 spiro atoms. The van der Waals surface area contributed by atoms with E-state index in [4.69, 9.17) is 21.1 Å². The van der Waals surface area contributed by atoms with Crippen molar-refractivity contribution in [2.24, 2.45) is 0 Å². The molecule has 1 heterocycles. The molecule has 7 heteroatoms. The number of ether oxygens (including phenoxy) is 2. The molecule has 1 amide bonds. The molecular formula is C25H20ClNO5. The quantitative estimate of drug-likeness (QED) is 0.337. The van der Waals surface area contributed by atoms with Crippen LogP contribution < -0.4 is 14.4 Å². The Hall–Kier alpha value is -3.77. The number of carbonyl (C=O) groups is 2. The summed E-state index contributed by atoms with van der Waals surface area (Å²) in [7, 11) is 2.95. The van der Waals surface area contributed by atoms with Crippen LogP contribution in [0.2, 0.25) is 5.02 Å². The van der Waals surface area contributed by atoms with Gasteiger partial charge in [0.2, 0.25) is 0 Å². The first-order valence-electron chi connectivity index (χ1n) is 9.80. The van der Waals surface area contributed by atoms with Crippen LogP contribution >= 0.6 is 11.6 Å². The third-order valence-corrected chi connectivity index (χ3v) is 5.58. The molecule has 0 aromatic heterocycles. The summed E-state index contributed by atoms with van der Waals surface area (Å²) in [5, 5.41) is 11.8. The van der Waals surface area contributed by atoms with Crippen molar-refractivity contribution in [3.05, 3.63) is 94.5 Å². The number of anilines is 1. The molecule has 1 aliphatic heterocycles. The fourth-order valence-corrected chi connectivity index (χ4v) is 3.92. The van der Waals surface area contributed by atoms with E-state index in [1.807, 2.05) is 18.2 Å². The number of aliphatic hydroxyl groups excluding tert-OH is 1. The predicted octanol–water partition coefficient (Wildman–Crippen LogP) is 4.98. The van der Waals surface area contributed by atoms with Crippen LogP contribution in [0.1, 0.15) is 17.2 Å². The van der Waals surface area contributed by atoms with Crippen molar-refractivity contribution in [2.75, 3.05) is 19.1 Å². The maximum absolute atomic E-state index is 13.2. The Morgan fingerprint density at radius 1 is 0.938 bits per heavy atom. The maximum Gasteiger partial charge on any atom is 0.300 e. The lowest BCUT2D eigenvalue weighted by molar-refractivity contribution is -0.132. The monoisotopic (exact) mass is 449 g/mol. The number of nitrogens with zero attached hydrogens (tertiary/aromatic N) is 1. The van der Waals surface area contributed by atoms with Crippen LogP contribution in [0.25, 0.3) is 5.76 Å². The highest BCUT2D eigenvalue weighted by Crippen LogP contribution is 2.43. The van der Waals surface area contributed by atoms with Crippen LogP contribution in [0.3, 0.4) is 0 Å². The van der Waals surface area contributed by atoms with Crippen LogP contribution in [0.5, 0.6) is 11.5 Å². The van der Waals surface area contributed by atoms with Gasteiger partial charge in [-0.25, -0.2) is 0 Å². The van der Waals surface area contributed by atoms with Crippen molar-refractivity contribution in [1.29, 1.82) is 0 Å². The van der Waals surface area contributed by atoms with Gasteiger partial charge < -0.3 is 14.6 Å². The fraction of sp³-hybridized carbons (Fsp3) is 0.120. The van der Waals surface area contributed by atoms with Crippen LogP contribution in [0, 0.1) is 0 Å². The molecule has 1 N–H and O–H groups in total. The molecule has 1 fully saturated rings. The lowest BCUT2D eigenvalue weighted by atomic mass is 9.94. The average Bonchev–Trinajstić information content (AvgIpc) is 3.09. The molecule has 4 rings (SSSR count). The summed E-state index contributed by atoms with van der Waals surface area (Å²) in [6.45, 7) is 0. The SMILES string of the molecule is COc1ccc(OC)c(/C(O)=C2\C(=O)C(=O)N(c3ccc(Cl)cc3)C2c2ccccc2)c1. The summed E-state index contributed by atoms with van der Waals surface area (Å²) in [6.07, 6.45) is 0. The lowest BCUT2D eigenvalue weighted by Crippen LogP contribution is -2.29. The van der Waals surface area contributed by atoms with Crippen LogP contribution in [0.15, 0.2) is 78.4 Å². The molecule has 1 atom stereocenters. The molecule has 1 saturated heterocycles. The molecule has 1 aliphatic rings. The van der Waals surface area contributed by atoms with E-state index in [1.165, 1.54) is 19.1 Å². The molecule has 0 aliphatic carbocycles. The number of aliphatic hydroxyl groups is 1. The number of rotatable bonds is 5. The Labute approximate surface area is 190 Å². The number of hydrogen-bond donors (Lipinski definition) is 1. The molecule has 0 saturated carbocycles. The Morgan fingerprint density at radius 3 is 2.25 bits per heavy atom. The molecule has 162 valence electrons. The van der Waals surface area contributed by atoms with Gasteiger partial charge in [-0.2, -0.15) is 0 Å². The summed E-state index contributed by atoms with van der Waals surface area (Å²) in [6, 6.07) is 19.7. The van der Waals surface area contributed by atoms with Crippen molar-refractivity contribution in [3.63, 3.8) is 0 Å². The Kier molecular flexibility index (Phi) is 5.88. The minimum Gasteiger partial charge on any atom is -0.507 e. The van der Waals surface area contributed by atoms with Crippen molar-refractivity contribution < 1.29 is 24.2 Å². The zero-order chi connectivity index (χ0) is 22.8. The van der Waals surface area contributed by atoms with Gasteiger partial charge in [-0.3, -0.25) is 14.5 Å². The molecule has 3 aromatic carbocycles. The minimum absolute atomic E-state index is 0.0392. The zero-order valence-corrected chi connectivity index (χ0v) is 18.2. The van der Waals surface area contributed by atoms with E-state index in [2.05, 4.69) is 0 Å². The van der Waals surface area contributed by atoms with E-state index >= 15 is 0 Å². The molecular weight excluding hydrogens is 430 g/mol. The molecule has 6 nitrogen and oxygen atoms in total. The highest BCUT2D eigenvalue weighted by molar-refractivity contribution is 6.51. The first kappa shape index (κ1) is 21.5. The first-order chi connectivity index (χ1) is 15.5. The van der Waals surface area contributed by atoms with E-state index < -0.39 is 17.7 Å². The van der Waals surface area contributed by atoms with Gasteiger partial charge in [-0.05, 0) is 48.0 Å². The van der Waals surface area contributed by atoms with E-state index in [1.54, 1.807) is 54.6 Å². The number of Topliss-reactive ketones (excluding diaryl/α,β-unsaturated/α-hetero) is 1. The van der Waals surface area contributed by atoms with E-state index in [-0.39, 0.29) is 16.9 Å². The number of hydrogen-bond acceptors (Lipinski definition) is 5. The van der Waals surface area contributed by atoms with Gasteiger partial charge in [0.25, 0.3) is 11.7 Å². The van der Waals surface area contributed by atoms with Crippen molar-refractivity contribution in [3.8, 4) is 11.5 Å². The number of halogens is 1. The number of methoxy groups -OCH3 is 2. The normalized spacial score (nSPS) is 17.5. The third-order valence-electron chi connectivity index (χ3n) is 5.33. The van der Waals surface area contributed by atoms with Gasteiger partial charge in [-0.15, -0.1) is 0 Å². The number of benzene rings is 3. The summed E-state index contributed by atoms with van der Waals surface area (Å²) in [4.78, 5) is 27.7. The fourth-order valence-electron chi connectivity index (χ4n) is 3.80. The standard InChI is InChI=1S/C25H20ClNO5/c1-31-18-12-13-20(32-2)19(14-18)23(28)21-22(15-6-4-3-5-7-15)27(25(30)24(21)29)17-10-8-16(26)9-11-17/h3-14,22,28H,1-2H3/b23-21+. The van der Waals surface area contributed by atoms with Crippen molar-refractivity contribution in [1.82, 2.24) is 0 Å². The largest absolute Gasteiger partial charge is 0.507 e. The summed E-state index contributed by atoms with van der Waals surface area (Å²) >= 11 is 6.01. The highest BCUT2D eigenvalue weighted by Gasteiger charge is 2.47. The topological polar surface area (TPSA) is 76.1 Å². The van der Waals surface area contributed by atoms with Gasteiger partial charge in [-0.1, -0.05) is 41.9 Å². The van der Waals surface area contributed by atoms with E-state index in [0.29, 0.717) is 27.8 Å². The molecule has 0 radical (unpaired) electrons. The Balaban J connectivity index is 1.97. The molecule has 1 unspecified atom stereocenters. The van der Waals surface area contributed by atoms with Crippen molar-refractivity contribution in [2.45, 2.75) is 6.04 Å². The smallest absolute Gasteiger partial charge is 0.300 e. The second-order valence-corrected chi connectivity index (χ2v) is 7.56.